The number of hydrogen-bond donors (Lipinski definition) is 0. The van der Waals surface area contributed by atoms with Gasteiger partial charge in [-0.3, -0.25) is 9.69 Å². The van der Waals surface area contributed by atoms with Crippen LogP contribution in [0.25, 0.3) is 11.0 Å². The van der Waals surface area contributed by atoms with Gasteiger partial charge in [-0.15, -0.1) is 11.3 Å². The third-order valence-electron chi connectivity index (χ3n) is 4.21. The van der Waals surface area contributed by atoms with Gasteiger partial charge in [0.05, 0.1) is 24.1 Å². The summed E-state index contributed by atoms with van der Waals surface area (Å²) in [5.74, 6) is -0.0335. The number of hydrogen-bond acceptors (Lipinski definition) is 4. The third kappa shape index (κ3) is 3.13. The minimum absolute atomic E-state index is 0.0335. The lowest BCUT2D eigenvalue weighted by atomic mass is 10.1. The zero-order valence-corrected chi connectivity index (χ0v) is 15.4. The van der Waals surface area contributed by atoms with Gasteiger partial charge < -0.3 is 4.42 Å². The zero-order chi connectivity index (χ0) is 18.1. The molecule has 0 saturated heterocycles. The van der Waals surface area contributed by atoms with Crippen molar-refractivity contribution in [3.8, 4) is 0 Å². The lowest BCUT2D eigenvalue weighted by Gasteiger charge is -2.19. The van der Waals surface area contributed by atoms with Crippen molar-refractivity contribution in [1.29, 1.82) is 0 Å². The molecule has 0 radical (unpaired) electrons. The fourth-order valence-corrected chi connectivity index (χ4v) is 3.79. The maximum Gasteiger partial charge on any atom is 0.237 e. The van der Waals surface area contributed by atoms with Crippen LogP contribution in [0.2, 0.25) is 0 Å². The predicted octanol–water partition coefficient (Wildman–Crippen LogP) is 5.41. The van der Waals surface area contributed by atoms with Crippen LogP contribution in [0.4, 0.5) is 10.8 Å². The van der Waals surface area contributed by atoms with Gasteiger partial charge in [0.1, 0.15) is 5.58 Å². The van der Waals surface area contributed by atoms with Crippen molar-refractivity contribution in [2.75, 3.05) is 4.90 Å². The average Bonchev–Trinajstić information content (AvgIpc) is 3.22. The fourth-order valence-electron chi connectivity index (χ4n) is 2.95. The molecule has 0 saturated carbocycles. The molecule has 26 heavy (non-hydrogen) atoms. The number of benzene rings is 2. The number of anilines is 2. The molecule has 2 aromatic heterocycles. The van der Waals surface area contributed by atoms with Crippen LogP contribution in [0.15, 0.2) is 64.6 Å². The molecule has 0 N–H and O–H groups in total. The first kappa shape index (κ1) is 16.5. The highest BCUT2D eigenvalue weighted by Gasteiger charge is 2.22. The Morgan fingerprint density at radius 3 is 2.69 bits per heavy atom. The van der Waals surface area contributed by atoms with Gasteiger partial charge in [0.25, 0.3) is 0 Å². The number of para-hydroxylation sites is 1. The fraction of sp³-hybridized carbons (Fsp3) is 0.143. The molecule has 0 bridgehead atoms. The van der Waals surface area contributed by atoms with E-state index in [1.54, 1.807) is 11.2 Å². The van der Waals surface area contributed by atoms with E-state index in [1.807, 2.05) is 67.8 Å². The molecule has 4 nitrogen and oxygen atoms in total. The third-order valence-corrected chi connectivity index (χ3v) is 5.16. The van der Waals surface area contributed by atoms with Crippen LogP contribution >= 0.6 is 11.3 Å². The van der Waals surface area contributed by atoms with E-state index in [9.17, 15) is 4.79 Å². The molecule has 130 valence electrons. The van der Waals surface area contributed by atoms with Gasteiger partial charge in [0, 0.05) is 16.3 Å². The summed E-state index contributed by atoms with van der Waals surface area (Å²) in [5.41, 5.74) is 4.55. The number of furan rings is 1. The van der Waals surface area contributed by atoms with Crippen molar-refractivity contribution in [3.05, 3.63) is 77.0 Å². The first-order valence-electron chi connectivity index (χ1n) is 8.38. The quantitative estimate of drug-likeness (QED) is 0.487. The van der Waals surface area contributed by atoms with Crippen molar-refractivity contribution >= 4 is 39.0 Å². The second kappa shape index (κ2) is 6.77. The molecule has 0 unspecified atom stereocenters. The lowest BCUT2D eigenvalue weighted by molar-refractivity contribution is -0.117. The van der Waals surface area contributed by atoms with Gasteiger partial charge in [-0.2, -0.15) is 0 Å². The monoisotopic (exact) mass is 362 g/mol. The Kier molecular flexibility index (Phi) is 4.31. The van der Waals surface area contributed by atoms with Crippen molar-refractivity contribution in [2.45, 2.75) is 20.3 Å². The minimum atomic E-state index is -0.0335. The standard InChI is InChI=1S/C21H18N2O2S/c1-14-8-9-18-16(12-25-19(18)10-14)11-20(24)23(17-6-4-3-5-7-17)21-22-15(2)13-26-21/h3-10,12-13H,11H2,1-2H3. The molecule has 4 aromatic rings. The Morgan fingerprint density at radius 1 is 1.15 bits per heavy atom. The van der Waals surface area contributed by atoms with E-state index >= 15 is 0 Å². The topological polar surface area (TPSA) is 46.3 Å². The van der Waals surface area contributed by atoms with Crippen LogP contribution < -0.4 is 4.90 Å². The van der Waals surface area contributed by atoms with Gasteiger partial charge in [-0.1, -0.05) is 30.3 Å². The molecule has 2 aromatic carbocycles. The summed E-state index contributed by atoms with van der Waals surface area (Å²) in [4.78, 5) is 19.4. The molecular formula is C21H18N2O2S. The number of aromatic nitrogens is 1. The van der Waals surface area contributed by atoms with E-state index in [1.165, 1.54) is 11.3 Å². The Morgan fingerprint density at radius 2 is 1.96 bits per heavy atom. The van der Waals surface area contributed by atoms with Crippen LogP contribution in [0.3, 0.4) is 0 Å². The van der Waals surface area contributed by atoms with Crippen LogP contribution in [0.5, 0.6) is 0 Å². The predicted molar refractivity (Wildman–Crippen MR) is 105 cm³/mol. The van der Waals surface area contributed by atoms with E-state index in [0.29, 0.717) is 5.13 Å². The first-order chi connectivity index (χ1) is 12.6. The number of amides is 1. The van der Waals surface area contributed by atoms with Gasteiger partial charge in [0.2, 0.25) is 5.91 Å². The largest absolute Gasteiger partial charge is 0.464 e. The molecule has 0 aliphatic heterocycles. The minimum Gasteiger partial charge on any atom is -0.464 e. The first-order valence-corrected chi connectivity index (χ1v) is 9.26. The Balaban J connectivity index is 1.70. The SMILES string of the molecule is Cc1ccc2c(CC(=O)N(c3ccccc3)c3nc(C)cs3)coc2c1. The summed E-state index contributed by atoms with van der Waals surface area (Å²) in [7, 11) is 0. The van der Waals surface area contributed by atoms with Crippen molar-refractivity contribution in [1.82, 2.24) is 4.98 Å². The van der Waals surface area contributed by atoms with Crippen molar-refractivity contribution in [3.63, 3.8) is 0 Å². The smallest absolute Gasteiger partial charge is 0.237 e. The summed E-state index contributed by atoms with van der Waals surface area (Å²) in [5, 5.41) is 3.61. The Hall–Kier alpha value is -2.92. The summed E-state index contributed by atoms with van der Waals surface area (Å²) in [6.45, 7) is 3.95. The molecule has 1 amide bonds. The van der Waals surface area contributed by atoms with Gasteiger partial charge in [0.15, 0.2) is 5.13 Å². The molecule has 0 fully saturated rings. The van der Waals surface area contributed by atoms with Crippen LogP contribution in [-0.2, 0) is 11.2 Å². The van der Waals surface area contributed by atoms with Crippen LogP contribution in [0.1, 0.15) is 16.8 Å². The summed E-state index contributed by atoms with van der Waals surface area (Å²) >= 11 is 1.47. The second-order valence-electron chi connectivity index (χ2n) is 6.27. The highest BCUT2D eigenvalue weighted by atomic mass is 32.1. The van der Waals surface area contributed by atoms with E-state index in [0.717, 1.165) is 33.5 Å². The molecular weight excluding hydrogens is 344 g/mol. The number of carbonyl (C=O) groups excluding carboxylic acids is 1. The molecule has 4 rings (SSSR count). The van der Waals surface area contributed by atoms with Crippen LogP contribution in [-0.4, -0.2) is 10.9 Å². The van der Waals surface area contributed by atoms with Gasteiger partial charge in [-0.05, 0) is 37.6 Å². The molecule has 0 spiro atoms. The molecule has 0 aliphatic rings. The average molecular weight is 362 g/mol. The normalized spacial score (nSPS) is 11.0. The molecule has 0 atom stereocenters. The number of aryl methyl sites for hydroxylation is 2. The summed E-state index contributed by atoms with van der Waals surface area (Å²) in [6, 6.07) is 15.7. The molecule has 2 heterocycles. The van der Waals surface area contributed by atoms with Gasteiger partial charge in [-0.25, -0.2) is 4.98 Å². The Bertz CT molecular complexity index is 1070. The highest BCUT2D eigenvalue weighted by molar-refractivity contribution is 7.14. The summed E-state index contributed by atoms with van der Waals surface area (Å²) < 4.78 is 5.64. The van der Waals surface area contributed by atoms with Crippen molar-refractivity contribution < 1.29 is 9.21 Å². The number of rotatable bonds is 4. The van der Waals surface area contributed by atoms with E-state index in [4.69, 9.17) is 4.42 Å². The Labute approximate surface area is 155 Å². The lowest BCUT2D eigenvalue weighted by Crippen LogP contribution is -2.27. The highest BCUT2D eigenvalue weighted by Crippen LogP contribution is 2.30. The number of fused-ring (bicyclic) bond motifs is 1. The van der Waals surface area contributed by atoms with Gasteiger partial charge >= 0.3 is 0 Å². The van der Waals surface area contributed by atoms with Crippen LogP contribution in [0, 0.1) is 13.8 Å². The molecule has 0 aliphatic carbocycles. The number of thiazole rings is 1. The van der Waals surface area contributed by atoms with E-state index in [-0.39, 0.29) is 12.3 Å². The maximum atomic E-state index is 13.2. The van der Waals surface area contributed by atoms with E-state index < -0.39 is 0 Å². The summed E-state index contributed by atoms with van der Waals surface area (Å²) in [6.07, 6.45) is 1.93. The van der Waals surface area contributed by atoms with E-state index in [2.05, 4.69) is 4.98 Å². The maximum absolute atomic E-state index is 13.2. The number of nitrogens with zero attached hydrogens (tertiary/aromatic N) is 2. The van der Waals surface area contributed by atoms with Crippen molar-refractivity contribution in [2.24, 2.45) is 0 Å². The molecule has 5 heteroatoms. The zero-order valence-electron chi connectivity index (χ0n) is 14.6. The second-order valence-corrected chi connectivity index (χ2v) is 7.11. The number of carbonyl (C=O) groups is 1.